The van der Waals surface area contributed by atoms with Crippen molar-refractivity contribution in [1.29, 1.82) is 5.26 Å². The Morgan fingerprint density at radius 3 is 2.47 bits per heavy atom. The number of nitriles is 1. The topological polar surface area (TPSA) is 117 Å². The van der Waals surface area contributed by atoms with Crippen LogP contribution in [0.2, 0.25) is 0 Å². The van der Waals surface area contributed by atoms with Crippen LogP contribution in [0, 0.1) is 11.3 Å². The lowest BCUT2D eigenvalue weighted by Crippen LogP contribution is -2.20. The van der Waals surface area contributed by atoms with Gasteiger partial charge in [0.05, 0.1) is 35.3 Å². The molecule has 4 aromatic rings. The minimum absolute atomic E-state index is 0.282. The van der Waals surface area contributed by atoms with Crippen LogP contribution in [-0.2, 0) is 5.41 Å². The first-order valence-electron chi connectivity index (χ1n) is 10.9. The zero-order valence-corrected chi connectivity index (χ0v) is 19.6. The van der Waals surface area contributed by atoms with Crippen LogP contribution in [0.4, 0.5) is 5.69 Å². The summed E-state index contributed by atoms with van der Waals surface area (Å²) in [5.41, 5.74) is 3.71. The van der Waals surface area contributed by atoms with Gasteiger partial charge in [0.15, 0.2) is 0 Å². The molecule has 9 nitrogen and oxygen atoms in total. The third-order valence-corrected chi connectivity index (χ3v) is 5.27. The van der Waals surface area contributed by atoms with Crippen molar-refractivity contribution in [3.63, 3.8) is 0 Å². The first kappa shape index (κ1) is 23.0. The maximum atomic E-state index is 9.42. The minimum atomic E-state index is -0.708. The van der Waals surface area contributed by atoms with E-state index in [1.807, 2.05) is 64.3 Å². The molecule has 172 valence electrons. The van der Waals surface area contributed by atoms with E-state index in [1.165, 1.54) is 0 Å². The molecule has 0 amide bonds. The fraction of sp³-hybridized carbons (Fsp3) is 0.280. The molecule has 0 unspecified atom stereocenters. The van der Waals surface area contributed by atoms with E-state index in [4.69, 9.17) is 4.42 Å². The normalized spacial score (nSPS) is 11.4. The van der Waals surface area contributed by atoms with Crippen LogP contribution >= 0.6 is 0 Å². The third-order valence-electron chi connectivity index (χ3n) is 5.27. The number of benzene rings is 1. The van der Waals surface area contributed by atoms with Gasteiger partial charge in [-0.3, -0.25) is 9.97 Å². The molecule has 0 radical (unpaired) electrons. The second kappa shape index (κ2) is 9.77. The smallest absolute Gasteiger partial charge is 0.268 e. The molecule has 0 saturated heterocycles. The second-order valence-corrected chi connectivity index (χ2v) is 8.68. The molecule has 3 aromatic heterocycles. The van der Waals surface area contributed by atoms with Gasteiger partial charge in [-0.05, 0) is 64.3 Å². The lowest BCUT2D eigenvalue weighted by molar-refractivity contribution is 0.425. The molecule has 0 saturated carbocycles. The molecule has 1 N–H and O–H groups in total. The third kappa shape index (κ3) is 5.24. The van der Waals surface area contributed by atoms with Crippen LogP contribution < -0.4 is 5.32 Å². The van der Waals surface area contributed by atoms with Crippen LogP contribution in [0.3, 0.4) is 0 Å². The lowest BCUT2D eigenvalue weighted by Gasteiger charge is -2.15. The average Bonchev–Trinajstić information content (AvgIpc) is 3.35. The van der Waals surface area contributed by atoms with Crippen molar-refractivity contribution in [2.45, 2.75) is 19.3 Å². The Hall–Kier alpha value is -4.16. The molecule has 0 bridgehead atoms. The number of nitrogens with zero attached hydrogens (tertiary/aromatic N) is 7. The Morgan fingerprint density at radius 1 is 1.00 bits per heavy atom. The molecule has 0 atom stereocenters. The van der Waals surface area contributed by atoms with Crippen LogP contribution in [-0.4, -0.2) is 57.2 Å². The largest absolute Gasteiger partial charge is 0.415 e. The van der Waals surface area contributed by atoms with Gasteiger partial charge in [-0.2, -0.15) is 5.26 Å². The Balaban J connectivity index is 1.53. The number of likely N-dealkylation sites (N-methyl/N-ethyl adjacent to an activating group) is 1. The van der Waals surface area contributed by atoms with Gasteiger partial charge >= 0.3 is 0 Å². The lowest BCUT2D eigenvalue weighted by atomic mass is 9.90. The van der Waals surface area contributed by atoms with Crippen molar-refractivity contribution >= 4 is 5.69 Å². The van der Waals surface area contributed by atoms with E-state index in [-0.39, 0.29) is 5.89 Å². The quantitative estimate of drug-likeness (QED) is 0.421. The van der Waals surface area contributed by atoms with E-state index < -0.39 is 5.41 Å². The highest BCUT2D eigenvalue weighted by Gasteiger charge is 2.22. The highest BCUT2D eigenvalue weighted by Crippen LogP contribution is 2.27. The summed E-state index contributed by atoms with van der Waals surface area (Å²) < 4.78 is 5.89. The van der Waals surface area contributed by atoms with Crippen LogP contribution in [0.15, 0.2) is 59.4 Å². The SMILES string of the molecule is CN(C)CCNc1ccc(-c2nnc(-c3cncc(-c4ccnc(C(C)(C)C#N)c4)n3)o2)cc1. The van der Waals surface area contributed by atoms with E-state index in [9.17, 15) is 5.26 Å². The zero-order chi connectivity index (χ0) is 24.1. The number of hydrogen-bond donors (Lipinski definition) is 1. The summed E-state index contributed by atoms with van der Waals surface area (Å²) in [5.74, 6) is 0.688. The van der Waals surface area contributed by atoms with E-state index in [0.29, 0.717) is 23.0 Å². The van der Waals surface area contributed by atoms with Gasteiger partial charge < -0.3 is 14.6 Å². The summed E-state index contributed by atoms with van der Waals surface area (Å²) in [6.45, 7) is 5.46. The summed E-state index contributed by atoms with van der Waals surface area (Å²) in [6, 6.07) is 13.8. The summed E-state index contributed by atoms with van der Waals surface area (Å²) in [6.07, 6.45) is 4.91. The first-order valence-corrected chi connectivity index (χ1v) is 10.9. The molecule has 0 fully saturated rings. The van der Waals surface area contributed by atoms with Crippen LogP contribution in [0.25, 0.3) is 34.3 Å². The van der Waals surface area contributed by atoms with E-state index in [2.05, 4.69) is 41.4 Å². The van der Waals surface area contributed by atoms with Crippen molar-refractivity contribution in [1.82, 2.24) is 30.0 Å². The fourth-order valence-electron chi connectivity index (χ4n) is 3.19. The maximum Gasteiger partial charge on any atom is 0.268 e. The van der Waals surface area contributed by atoms with Gasteiger partial charge in [-0.1, -0.05) is 0 Å². The van der Waals surface area contributed by atoms with Gasteiger partial charge in [0.2, 0.25) is 5.89 Å². The summed E-state index contributed by atoms with van der Waals surface area (Å²) in [7, 11) is 4.09. The molecule has 0 aliphatic rings. The summed E-state index contributed by atoms with van der Waals surface area (Å²) in [5, 5.41) is 21.1. The Labute approximate surface area is 198 Å². The van der Waals surface area contributed by atoms with Crippen molar-refractivity contribution in [3.05, 3.63) is 60.7 Å². The number of nitrogens with one attached hydrogen (secondary N) is 1. The van der Waals surface area contributed by atoms with E-state index in [0.717, 1.165) is 29.9 Å². The summed E-state index contributed by atoms with van der Waals surface area (Å²) >= 11 is 0. The highest BCUT2D eigenvalue weighted by molar-refractivity contribution is 5.63. The number of hydrogen-bond acceptors (Lipinski definition) is 9. The van der Waals surface area contributed by atoms with Gasteiger partial charge in [0.25, 0.3) is 5.89 Å². The Bertz CT molecular complexity index is 1310. The molecule has 34 heavy (non-hydrogen) atoms. The van der Waals surface area contributed by atoms with Crippen molar-refractivity contribution in [3.8, 4) is 40.4 Å². The standard InChI is InChI=1S/C25H26N8O/c1-25(2,16-26)22-13-18(9-10-29-22)20-14-27-15-21(30-20)24-32-31-23(34-24)17-5-7-19(8-6-17)28-11-12-33(3)4/h5-10,13-15,28H,11-12H2,1-4H3. The van der Waals surface area contributed by atoms with Crippen molar-refractivity contribution in [2.24, 2.45) is 0 Å². The average molecular weight is 455 g/mol. The van der Waals surface area contributed by atoms with Gasteiger partial charge in [0, 0.05) is 36.1 Å². The minimum Gasteiger partial charge on any atom is -0.415 e. The molecule has 4 rings (SSSR count). The Morgan fingerprint density at radius 2 is 1.74 bits per heavy atom. The van der Waals surface area contributed by atoms with E-state index in [1.54, 1.807) is 18.6 Å². The molecule has 9 heteroatoms. The Kier molecular flexibility index (Phi) is 6.61. The molecule has 1 aromatic carbocycles. The van der Waals surface area contributed by atoms with E-state index >= 15 is 0 Å². The summed E-state index contributed by atoms with van der Waals surface area (Å²) in [4.78, 5) is 15.4. The number of anilines is 1. The van der Waals surface area contributed by atoms with Gasteiger partial charge in [-0.25, -0.2) is 4.98 Å². The first-order chi connectivity index (χ1) is 16.4. The van der Waals surface area contributed by atoms with Gasteiger partial charge in [-0.15, -0.1) is 10.2 Å². The van der Waals surface area contributed by atoms with Crippen LogP contribution in [0.1, 0.15) is 19.5 Å². The fourth-order valence-corrected chi connectivity index (χ4v) is 3.19. The number of aromatic nitrogens is 5. The van der Waals surface area contributed by atoms with Crippen LogP contribution in [0.5, 0.6) is 0 Å². The molecule has 3 heterocycles. The molecular formula is C25H26N8O. The molecule has 0 aliphatic heterocycles. The molecule has 0 aliphatic carbocycles. The molecular weight excluding hydrogens is 428 g/mol. The number of rotatable bonds is 8. The van der Waals surface area contributed by atoms with Crippen molar-refractivity contribution < 1.29 is 4.42 Å². The highest BCUT2D eigenvalue weighted by atomic mass is 16.4. The predicted molar refractivity (Wildman–Crippen MR) is 130 cm³/mol. The van der Waals surface area contributed by atoms with Gasteiger partial charge in [0.1, 0.15) is 5.69 Å². The monoisotopic (exact) mass is 454 g/mol. The maximum absolute atomic E-state index is 9.42. The van der Waals surface area contributed by atoms with Crippen molar-refractivity contribution in [2.75, 3.05) is 32.5 Å². The number of pyridine rings is 1. The molecule has 0 spiro atoms. The predicted octanol–water partition coefficient (Wildman–Crippen LogP) is 4.03. The second-order valence-electron chi connectivity index (χ2n) is 8.68. The zero-order valence-electron chi connectivity index (χ0n) is 19.6.